The third-order valence-corrected chi connectivity index (χ3v) is 6.33. The number of carbonyl (C=O) groups is 4. The van der Waals surface area contributed by atoms with Crippen LogP contribution in [0.25, 0.3) is 0 Å². The van der Waals surface area contributed by atoms with Crippen LogP contribution in [0.5, 0.6) is 5.75 Å². The highest BCUT2D eigenvalue weighted by atomic mass is 16.5. The number of carbonyl (C=O) groups excluding carboxylic acids is 4. The zero-order chi connectivity index (χ0) is 25.7. The topological polar surface area (TPSA) is 106 Å². The summed E-state index contributed by atoms with van der Waals surface area (Å²) < 4.78 is 15.4. The minimum atomic E-state index is -0.721. The number of imide groups is 1. The summed E-state index contributed by atoms with van der Waals surface area (Å²) in [6, 6.07) is 12.0. The highest BCUT2D eigenvalue weighted by Gasteiger charge is 2.35. The molecule has 0 spiro atoms. The molecule has 2 aliphatic heterocycles. The number of methoxy groups -OCH3 is 2. The van der Waals surface area contributed by atoms with Crippen molar-refractivity contribution in [1.29, 1.82) is 0 Å². The summed E-state index contributed by atoms with van der Waals surface area (Å²) in [7, 11) is 3.17. The molecule has 0 bridgehead atoms. The first-order chi connectivity index (χ1) is 17.4. The second kappa shape index (κ2) is 11.2. The molecule has 0 aliphatic carbocycles. The van der Waals surface area contributed by atoms with Gasteiger partial charge < -0.3 is 24.0 Å². The largest absolute Gasteiger partial charge is 0.497 e. The highest BCUT2D eigenvalue weighted by Crippen LogP contribution is 2.25. The smallest absolute Gasteiger partial charge is 0.338 e. The van der Waals surface area contributed by atoms with Gasteiger partial charge in [0.25, 0.3) is 17.7 Å². The van der Waals surface area contributed by atoms with Gasteiger partial charge in [0.1, 0.15) is 5.75 Å². The summed E-state index contributed by atoms with van der Waals surface area (Å²) >= 11 is 0. The Morgan fingerprint density at radius 1 is 0.889 bits per heavy atom. The van der Waals surface area contributed by atoms with Crippen molar-refractivity contribution in [2.24, 2.45) is 0 Å². The standard InChI is InChI=1S/C26H29N3O7/c1-34-15-3-10-29-24(31)21-9-4-18(16-22(21)25(29)32)26(33)36-17-23(30)28-13-11-27(12-14-28)19-5-7-20(35-2)8-6-19/h4-9,16H,3,10-15,17H2,1-2H3. The molecule has 10 heteroatoms. The quantitative estimate of drug-likeness (QED) is 0.295. The molecule has 0 unspecified atom stereocenters. The molecule has 0 aromatic heterocycles. The van der Waals surface area contributed by atoms with E-state index in [-0.39, 0.29) is 29.1 Å². The van der Waals surface area contributed by atoms with Gasteiger partial charge >= 0.3 is 5.97 Å². The molecule has 190 valence electrons. The van der Waals surface area contributed by atoms with Gasteiger partial charge in [-0.05, 0) is 48.9 Å². The number of piperazine rings is 1. The van der Waals surface area contributed by atoms with Crippen molar-refractivity contribution in [2.75, 3.05) is 65.1 Å². The van der Waals surface area contributed by atoms with Crippen LogP contribution < -0.4 is 9.64 Å². The van der Waals surface area contributed by atoms with Gasteiger partial charge in [-0.3, -0.25) is 19.3 Å². The van der Waals surface area contributed by atoms with Gasteiger partial charge in [-0.15, -0.1) is 0 Å². The molecule has 2 aliphatic rings. The van der Waals surface area contributed by atoms with Crippen molar-refractivity contribution in [3.63, 3.8) is 0 Å². The first-order valence-electron chi connectivity index (χ1n) is 11.8. The van der Waals surface area contributed by atoms with Gasteiger partial charge in [0, 0.05) is 52.1 Å². The number of rotatable bonds is 9. The van der Waals surface area contributed by atoms with E-state index in [2.05, 4.69) is 4.90 Å². The van der Waals surface area contributed by atoms with E-state index in [0.29, 0.717) is 39.2 Å². The summed E-state index contributed by atoms with van der Waals surface area (Å²) in [6.07, 6.45) is 0.521. The van der Waals surface area contributed by atoms with Crippen LogP contribution in [0.3, 0.4) is 0 Å². The first-order valence-corrected chi connectivity index (χ1v) is 11.8. The Morgan fingerprint density at radius 2 is 1.58 bits per heavy atom. The van der Waals surface area contributed by atoms with Crippen LogP contribution in [-0.4, -0.2) is 93.6 Å². The van der Waals surface area contributed by atoms with E-state index in [1.165, 1.54) is 18.2 Å². The van der Waals surface area contributed by atoms with Crippen LogP contribution in [-0.2, 0) is 14.3 Å². The number of fused-ring (bicyclic) bond motifs is 1. The maximum Gasteiger partial charge on any atom is 0.338 e. The Bertz CT molecular complexity index is 1140. The maximum atomic E-state index is 12.7. The lowest BCUT2D eigenvalue weighted by Gasteiger charge is -2.36. The molecule has 36 heavy (non-hydrogen) atoms. The molecule has 4 rings (SSSR count). The van der Waals surface area contributed by atoms with Gasteiger partial charge in [0.15, 0.2) is 6.61 Å². The number of nitrogens with zero attached hydrogens (tertiary/aromatic N) is 3. The van der Waals surface area contributed by atoms with Crippen molar-refractivity contribution < 1.29 is 33.4 Å². The third-order valence-electron chi connectivity index (χ3n) is 6.33. The lowest BCUT2D eigenvalue weighted by Crippen LogP contribution is -2.49. The van der Waals surface area contributed by atoms with E-state index < -0.39 is 24.4 Å². The molecule has 3 amide bonds. The molecule has 2 aromatic carbocycles. The Hall–Kier alpha value is -3.92. The fraction of sp³-hybridized carbons (Fsp3) is 0.385. The normalized spacial score (nSPS) is 15.2. The van der Waals surface area contributed by atoms with Crippen molar-refractivity contribution in [3.05, 3.63) is 59.2 Å². The Labute approximate surface area is 209 Å². The molecular weight excluding hydrogens is 466 g/mol. The van der Waals surface area contributed by atoms with Crippen molar-refractivity contribution in [2.45, 2.75) is 6.42 Å². The monoisotopic (exact) mass is 495 g/mol. The van der Waals surface area contributed by atoms with Gasteiger partial charge in [0.2, 0.25) is 0 Å². The molecule has 1 saturated heterocycles. The van der Waals surface area contributed by atoms with Crippen LogP contribution in [0.15, 0.2) is 42.5 Å². The van der Waals surface area contributed by atoms with Gasteiger partial charge in [0.05, 0.1) is 23.8 Å². The average molecular weight is 496 g/mol. The SMILES string of the molecule is COCCCN1C(=O)c2ccc(C(=O)OCC(=O)N3CCN(c4ccc(OC)cc4)CC3)cc2C1=O. The summed E-state index contributed by atoms with van der Waals surface area (Å²) in [5.41, 5.74) is 1.58. The summed E-state index contributed by atoms with van der Waals surface area (Å²) in [5, 5.41) is 0. The maximum absolute atomic E-state index is 12.7. The van der Waals surface area contributed by atoms with Gasteiger partial charge in [-0.25, -0.2) is 4.79 Å². The van der Waals surface area contributed by atoms with Gasteiger partial charge in [-0.2, -0.15) is 0 Å². The third kappa shape index (κ3) is 5.33. The number of benzene rings is 2. The minimum absolute atomic E-state index is 0.116. The molecule has 0 saturated carbocycles. The second-order valence-corrected chi connectivity index (χ2v) is 8.51. The van der Waals surface area contributed by atoms with Crippen LogP contribution in [0.4, 0.5) is 5.69 Å². The number of anilines is 1. The molecule has 0 radical (unpaired) electrons. The average Bonchev–Trinajstić information content (AvgIpc) is 3.16. The minimum Gasteiger partial charge on any atom is -0.497 e. The van der Waals surface area contributed by atoms with E-state index in [1.807, 2.05) is 24.3 Å². The molecule has 1 fully saturated rings. The number of hydrogen-bond donors (Lipinski definition) is 0. The molecule has 0 atom stereocenters. The molecule has 2 heterocycles. The van der Waals surface area contributed by atoms with E-state index in [9.17, 15) is 19.2 Å². The summed E-state index contributed by atoms with van der Waals surface area (Å²) in [4.78, 5) is 55.3. The number of hydrogen-bond acceptors (Lipinski definition) is 8. The lowest BCUT2D eigenvalue weighted by atomic mass is 10.1. The molecule has 10 nitrogen and oxygen atoms in total. The predicted octanol–water partition coefficient (Wildman–Crippen LogP) is 1.83. The number of ether oxygens (including phenoxy) is 3. The number of esters is 1. The van der Waals surface area contributed by atoms with E-state index >= 15 is 0 Å². The molecule has 2 aromatic rings. The van der Waals surface area contributed by atoms with Gasteiger partial charge in [-0.1, -0.05) is 0 Å². The zero-order valence-electron chi connectivity index (χ0n) is 20.4. The summed E-state index contributed by atoms with van der Waals surface area (Å²) in [6.45, 7) is 2.61. The lowest BCUT2D eigenvalue weighted by molar-refractivity contribution is -0.134. The highest BCUT2D eigenvalue weighted by molar-refractivity contribution is 6.22. The van der Waals surface area contributed by atoms with Crippen molar-refractivity contribution >= 4 is 29.4 Å². The Morgan fingerprint density at radius 3 is 2.25 bits per heavy atom. The molecular formula is C26H29N3O7. The number of amides is 3. The van der Waals surface area contributed by atoms with E-state index in [0.717, 1.165) is 16.3 Å². The Balaban J connectivity index is 1.28. The molecule has 0 N–H and O–H groups in total. The zero-order valence-corrected chi connectivity index (χ0v) is 20.4. The van der Waals surface area contributed by atoms with Crippen LogP contribution in [0, 0.1) is 0 Å². The van der Waals surface area contributed by atoms with E-state index in [1.54, 1.807) is 19.1 Å². The van der Waals surface area contributed by atoms with Crippen LogP contribution in [0.2, 0.25) is 0 Å². The Kier molecular flexibility index (Phi) is 7.84. The predicted molar refractivity (Wildman–Crippen MR) is 130 cm³/mol. The summed E-state index contributed by atoms with van der Waals surface area (Å²) in [5.74, 6) is -1.06. The van der Waals surface area contributed by atoms with Crippen molar-refractivity contribution in [3.8, 4) is 5.75 Å². The van der Waals surface area contributed by atoms with Crippen LogP contribution >= 0.6 is 0 Å². The van der Waals surface area contributed by atoms with Crippen molar-refractivity contribution in [1.82, 2.24) is 9.80 Å². The first kappa shape index (κ1) is 25.2. The fourth-order valence-electron chi connectivity index (χ4n) is 4.30. The van der Waals surface area contributed by atoms with Crippen LogP contribution in [0.1, 0.15) is 37.5 Å². The van der Waals surface area contributed by atoms with E-state index in [4.69, 9.17) is 14.2 Å². The second-order valence-electron chi connectivity index (χ2n) is 8.51. The fourth-order valence-corrected chi connectivity index (χ4v) is 4.30.